The van der Waals surface area contributed by atoms with Crippen LogP contribution in [0.25, 0.3) is 0 Å². The fourth-order valence-electron chi connectivity index (χ4n) is 3.33. The van der Waals surface area contributed by atoms with Crippen LogP contribution >= 0.6 is 23.2 Å². The molecule has 1 aliphatic rings. The lowest BCUT2D eigenvalue weighted by atomic mass is 10.1. The minimum absolute atomic E-state index is 0.0781. The van der Waals surface area contributed by atoms with Gasteiger partial charge in [-0.3, -0.25) is 9.69 Å². The average Bonchev–Trinajstić information content (AvgIpc) is 2.77. The summed E-state index contributed by atoms with van der Waals surface area (Å²) in [5, 5.41) is 9.24. The third kappa shape index (κ3) is 7.11. The van der Waals surface area contributed by atoms with Gasteiger partial charge in [-0.2, -0.15) is 0 Å². The SMILES string of the molecule is CNC(=O)Nc1ccc(CC(=O)NCC2CN(Cc3cccc(Cl)c3Cl)CCO2)cc1. The van der Waals surface area contributed by atoms with E-state index < -0.39 is 0 Å². The van der Waals surface area contributed by atoms with Crippen molar-refractivity contribution in [1.82, 2.24) is 15.5 Å². The zero-order valence-corrected chi connectivity index (χ0v) is 18.8. The Hall–Kier alpha value is -2.32. The fraction of sp³-hybridized carbons (Fsp3) is 0.364. The van der Waals surface area contributed by atoms with Crippen LogP contribution in [-0.2, 0) is 22.5 Å². The number of urea groups is 1. The molecule has 3 rings (SSSR count). The molecule has 0 aliphatic carbocycles. The Morgan fingerprint density at radius 3 is 2.68 bits per heavy atom. The molecule has 1 heterocycles. The van der Waals surface area contributed by atoms with Crippen LogP contribution in [0.5, 0.6) is 0 Å². The zero-order chi connectivity index (χ0) is 22.2. The quantitative estimate of drug-likeness (QED) is 0.586. The second kappa shape index (κ2) is 11.3. The molecule has 1 fully saturated rings. The van der Waals surface area contributed by atoms with Crippen molar-refractivity contribution < 1.29 is 14.3 Å². The standard InChI is InChI=1S/C22H26Cl2N4O3/c1-25-22(30)27-17-7-5-15(6-8-17)11-20(29)26-12-18-14-28(9-10-31-18)13-16-3-2-4-19(23)21(16)24/h2-8,18H,9-14H2,1H3,(H,26,29)(H2,25,27,30). The summed E-state index contributed by atoms with van der Waals surface area (Å²) in [7, 11) is 1.55. The van der Waals surface area contributed by atoms with Crippen molar-refractivity contribution in [3.05, 3.63) is 63.6 Å². The van der Waals surface area contributed by atoms with Crippen molar-refractivity contribution in [2.45, 2.75) is 19.1 Å². The monoisotopic (exact) mass is 464 g/mol. The predicted molar refractivity (Wildman–Crippen MR) is 123 cm³/mol. The number of anilines is 1. The Labute approximate surface area is 192 Å². The highest BCUT2D eigenvalue weighted by molar-refractivity contribution is 6.42. The molecule has 7 nitrogen and oxygen atoms in total. The van der Waals surface area contributed by atoms with Crippen LogP contribution in [0.2, 0.25) is 10.0 Å². The predicted octanol–water partition coefficient (Wildman–Crippen LogP) is 3.30. The normalized spacial score (nSPS) is 16.5. The third-order valence-electron chi connectivity index (χ3n) is 4.98. The van der Waals surface area contributed by atoms with Crippen molar-refractivity contribution in [1.29, 1.82) is 0 Å². The number of amides is 3. The summed E-state index contributed by atoms with van der Waals surface area (Å²) >= 11 is 12.4. The first-order valence-electron chi connectivity index (χ1n) is 10.1. The molecular formula is C22H26Cl2N4O3. The Morgan fingerprint density at radius 1 is 1.16 bits per heavy atom. The highest BCUT2D eigenvalue weighted by atomic mass is 35.5. The van der Waals surface area contributed by atoms with Gasteiger partial charge >= 0.3 is 6.03 Å². The minimum Gasteiger partial charge on any atom is -0.374 e. The lowest BCUT2D eigenvalue weighted by molar-refractivity contribution is -0.121. The van der Waals surface area contributed by atoms with E-state index in [1.54, 1.807) is 25.2 Å². The number of nitrogens with one attached hydrogen (secondary N) is 3. The minimum atomic E-state index is -0.287. The van der Waals surface area contributed by atoms with Gasteiger partial charge < -0.3 is 20.7 Å². The summed E-state index contributed by atoms with van der Waals surface area (Å²) in [5.74, 6) is -0.0781. The molecule has 31 heavy (non-hydrogen) atoms. The summed E-state index contributed by atoms with van der Waals surface area (Å²) in [6.45, 7) is 3.21. The summed E-state index contributed by atoms with van der Waals surface area (Å²) < 4.78 is 5.80. The van der Waals surface area contributed by atoms with Crippen molar-refractivity contribution >= 4 is 40.8 Å². The van der Waals surface area contributed by atoms with Crippen molar-refractivity contribution in [3.63, 3.8) is 0 Å². The highest BCUT2D eigenvalue weighted by Crippen LogP contribution is 2.27. The molecule has 1 unspecified atom stereocenters. The van der Waals surface area contributed by atoms with E-state index in [4.69, 9.17) is 27.9 Å². The second-order valence-electron chi connectivity index (χ2n) is 7.32. The molecular weight excluding hydrogens is 439 g/mol. The summed E-state index contributed by atoms with van der Waals surface area (Å²) in [4.78, 5) is 25.9. The highest BCUT2D eigenvalue weighted by Gasteiger charge is 2.22. The van der Waals surface area contributed by atoms with Gasteiger partial charge in [0.2, 0.25) is 5.91 Å². The van der Waals surface area contributed by atoms with Crippen LogP contribution < -0.4 is 16.0 Å². The number of morpholine rings is 1. The largest absolute Gasteiger partial charge is 0.374 e. The third-order valence-corrected chi connectivity index (χ3v) is 5.84. The van der Waals surface area contributed by atoms with Crippen LogP contribution in [0.3, 0.4) is 0 Å². The van der Waals surface area contributed by atoms with Crippen molar-refractivity contribution in [3.8, 4) is 0 Å². The van der Waals surface area contributed by atoms with Gasteiger partial charge in [-0.15, -0.1) is 0 Å². The Morgan fingerprint density at radius 2 is 1.94 bits per heavy atom. The maximum absolute atomic E-state index is 12.3. The first kappa shape index (κ1) is 23.3. The van der Waals surface area contributed by atoms with Gasteiger partial charge in [0.15, 0.2) is 0 Å². The second-order valence-corrected chi connectivity index (χ2v) is 8.11. The van der Waals surface area contributed by atoms with Gasteiger partial charge in [0.25, 0.3) is 0 Å². The topological polar surface area (TPSA) is 82.7 Å². The van der Waals surface area contributed by atoms with Gasteiger partial charge in [-0.05, 0) is 29.3 Å². The molecule has 0 aromatic heterocycles. The summed E-state index contributed by atoms with van der Waals surface area (Å²) in [6.07, 6.45) is 0.171. The number of hydrogen-bond donors (Lipinski definition) is 3. The van der Waals surface area contributed by atoms with Crippen molar-refractivity contribution in [2.24, 2.45) is 0 Å². The fourth-order valence-corrected chi connectivity index (χ4v) is 3.71. The average molecular weight is 465 g/mol. The van der Waals surface area contributed by atoms with Gasteiger partial charge in [-0.25, -0.2) is 4.79 Å². The number of halogens is 2. The van der Waals surface area contributed by atoms with E-state index in [0.717, 1.165) is 17.7 Å². The molecule has 3 amide bonds. The van der Waals surface area contributed by atoms with Gasteiger partial charge in [0.1, 0.15) is 0 Å². The van der Waals surface area contributed by atoms with Gasteiger partial charge in [0.05, 0.1) is 29.2 Å². The van der Waals surface area contributed by atoms with E-state index >= 15 is 0 Å². The lowest BCUT2D eigenvalue weighted by Crippen LogP contribution is -2.47. The maximum atomic E-state index is 12.3. The lowest BCUT2D eigenvalue weighted by Gasteiger charge is -2.33. The molecule has 0 saturated carbocycles. The van der Waals surface area contributed by atoms with Crippen molar-refractivity contribution in [2.75, 3.05) is 38.6 Å². The molecule has 1 aliphatic heterocycles. The number of hydrogen-bond acceptors (Lipinski definition) is 4. The molecule has 1 atom stereocenters. The summed E-state index contributed by atoms with van der Waals surface area (Å²) in [6, 6.07) is 12.5. The van der Waals surface area contributed by atoms with Crippen LogP contribution in [-0.4, -0.2) is 56.2 Å². The van der Waals surface area contributed by atoms with Crippen LogP contribution in [0.1, 0.15) is 11.1 Å². The molecule has 1 saturated heterocycles. The van der Waals surface area contributed by atoms with E-state index in [0.29, 0.717) is 42.0 Å². The van der Waals surface area contributed by atoms with Crippen LogP contribution in [0.4, 0.5) is 10.5 Å². The Bertz CT molecular complexity index is 908. The molecule has 0 spiro atoms. The van der Waals surface area contributed by atoms with E-state index in [1.165, 1.54) is 0 Å². The number of benzene rings is 2. The van der Waals surface area contributed by atoms with Gasteiger partial charge in [0, 0.05) is 38.9 Å². The first-order valence-corrected chi connectivity index (χ1v) is 10.8. The molecule has 3 N–H and O–H groups in total. The number of carbonyl (C=O) groups is 2. The zero-order valence-electron chi connectivity index (χ0n) is 17.3. The molecule has 166 valence electrons. The molecule has 2 aromatic carbocycles. The van der Waals surface area contributed by atoms with Gasteiger partial charge in [-0.1, -0.05) is 47.5 Å². The number of carbonyl (C=O) groups excluding carboxylic acids is 2. The van der Waals surface area contributed by atoms with E-state index in [1.807, 2.05) is 24.3 Å². The first-order chi connectivity index (χ1) is 14.9. The van der Waals surface area contributed by atoms with Crippen LogP contribution in [0.15, 0.2) is 42.5 Å². The Balaban J connectivity index is 1.44. The Kier molecular flexibility index (Phi) is 8.54. The van der Waals surface area contributed by atoms with Crippen LogP contribution in [0, 0.1) is 0 Å². The molecule has 2 aromatic rings. The summed E-state index contributed by atoms with van der Waals surface area (Å²) in [5.41, 5.74) is 2.51. The number of ether oxygens (including phenoxy) is 1. The van der Waals surface area contributed by atoms with E-state index in [-0.39, 0.29) is 24.5 Å². The number of nitrogens with zero attached hydrogens (tertiary/aromatic N) is 1. The smallest absolute Gasteiger partial charge is 0.318 e. The maximum Gasteiger partial charge on any atom is 0.318 e. The molecule has 0 radical (unpaired) electrons. The molecule has 0 bridgehead atoms. The number of rotatable bonds is 7. The van der Waals surface area contributed by atoms with E-state index in [2.05, 4.69) is 20.9 Å². The molecule has 9 heteroatoms. The van der Waals surface area contributed by atoms with E-state index in [9.17, 15) is 9.59 Å².